The summed E-state index contributed by atoms with van der Waals surface area (Å²) in [4.78, 5) is 17.4. The average Bonchev–Trinajstić information content (AvgIpc) is 3.53. The van der Waals surface area contributed by atoms with Gasteiger partial charge in [0.05, 0.1) is 12.2 Å². The van der Waals surface area contributed by atoms with E-state index < -0.39 is 0 Å². The molecule has 198 valence electrons. The van der Waals surface area contributed by atoms with Gasteiger partial charge in [-0.05, 0) is 84.7 Å². The summed E-state index contributed by atoms with van der Waals surface area (Å²) in [6.45, 7) is 8.01. The molecule has 2 aromatic carbocycles. The molecule has 2 aromatic heterocycles. The number of aromatic nitrogens is 2. The lowest BCUT2D eigenvalue weighted by atomic mass is 10.1. The number of carbonyl (C=O) groups excluding carboxylic acids is 1. The van der Waals surface area contributed by atoms with Crippen molar-refractivity contribution < 1.29 is 9.53 Å². The fourth-order valence-electron chi connectivity index (χ4n) is 5.09. The predicted molar refractivity (Wildman–Crippen MR) is 153 cm³/mol. The van der Waals surface area contributed by atoms with Gasteiger partial charge in [-0.25, -0.2) is 0 Å². The largest absolute Gasteiger partial charge is 0.490 e. The molecule has 1 amide bonds. The van der Waals surface area contributed by atoms with Gasteiger partial charge in [0.1, 0.15) is 11.9 Å². The Morgan fingerprint density at radius 3 is 2.45 bits per heavy atom. The molecular weight excluding hydrogens is 492 g/mol. The van der Waals surface area contributed by atoms with Crippen LogP contribution in [0.3, 0.4) is 0 Å². The molecule has 3 heterocycles. The van der Waals surface area contributed by atoms with Crippen LogP contribution < -0.4 is 4.74 Å². The van der Waals surface area contributed by atoms with E-state index >= 15 is 0 Å². The summed E-state index contributed by atoms with van der Waals surface area (Å²) < 4.78 is 8.33. The Morgan fingerprint density at radius 1 is 1.00 bits per heavy atom. The highest BCUT2D eigenvalue weighted by Crippen LogP contribution is 2.22. The minimum Gasteiger partial charge on any atom is -0.490 e. The summed E-state index contributed by atoms with van der Waals surface area (Å²) in [6.07, 6.45) is 1.80. The Kier molecular flexibility index (Phi) is 8.25. The van der Waals surface area contributed by atoms with Crippen LogP contribution in [0.15, 0.2) is 71.4 Å². The number of likely N-dealkylation sites (tertiary alicyclic amines) is 1. The zero-order valence-corrected chi connectivity index (χ0v) is 23.3. The highest BCUT2D eigenvalue weighted by molar-refractivity contribution is 7.07. The van der Waals surface area contributed by atoms with E-state index in [-0.39, 0.29) is 12.0 Å². The van der Waals surface area contributed by atoms with E-state index in [2.05, 4.69) is 65.1 Å². The van der Waals surface area contributed by atoms with Gasteiger partial charge in [0.15, 0.2) is 0 Å². The molecule has 5 rings (SSSR count). The van der Waals surface area contributed by atoms with Gasteiger partial charge in [0.25, 0.3) is 5.91 Å². The van der Waals surface area contributed by atoms with Crippen molar-refractivity contribution in [3.63, 3.8) is 0 Å². The van der Waals surface area contributed by atoms with Crippen LogP contribution in [0.2, 0.25) is 0 Å². The highest BCUT2D eigenvalue weighted by Gasteiger charge is 2.25. The van der Waals surface area contributed by atoms with Gasteiger partial charge < -0.3 is 9.64 Å². The van der Waals surface area contributed by atoms with Gasteiger partial charge in [-0.15, -0.1) is 0 Å². The lowest BCUT2D eigenvalue weighted by Gasteiger charge is -2.32. The standard InChI is InChI=1S/C31H36N4O2S/c1-23-17-24(2)35(32-23)21-25-7-9-28(10-8-25)31(36)34-14-11-29(12-15-34)37-30-6-4-5-26(18-30)19-33(3)20-27-13-16-38-22-27/h4-10,13,16-18,22,29H,11-12,14-15,19-21H2,1-3H3. The first-order valence-corrected chi connectivity index (χ1v) is 14.2. The minimum absolute atomic E-state index is 0.0942. The Hall–Kier alpha value is -3.42. The third-order valence-corrected chi connectivity index (χ3v) is 7.78. The van der Waals surface area contributed by atoms with Crippen LogP contribution in [0, 0.1) is 13.8 Å². The molecule has 0 saturated carbocycles. The van der Waals surface area contributed by atoms with Gasteiger partial charge in [0, 0.05) is 50.3 Å². The number of hydrogen-bond donors (Lipinski definition) is 0. The third kappa shape index (κ3) is 6.71. The monoisotopic (exact) mass is 528 g/mol. The maximum atomic E-state index is 13.1. The Bertz CT molecular complexity index is 1340. The molecule has 0 radical (unpaired) electrons. The quantitative estimate of drug-likeness (QED) is 0.270. The SMILES string of the molecule is Cc1cc(C)n(Cc2ccc(C(=O)N3CCC(Oc4cccc(CN(C)Cc5ccsc5)c4)CC3)cc2)n1. The number of ether oxygens (including phenoxy) is 1. The van der Waals surface area contributed by atoms with Crippen LogP contribution in [0.1, 0.15) is 51.3 Å². The maximum absolute atomic E-state index is 13.1. The summed E-state index contributed by atoms with van der Waals surface area (Å²) in [5.41, 5.74) is 6.63. The Morgan fingerprint density at radius 2 is 1.76 bits per heavy atom. The molecule has 1 fully saturated rings. The summed E-state index contributed by atoms with van der Waals surface area (Å²) in [5.74, 6) is 1.01. The summed E-state index contributed by atoms with van der Waals surface area (Å²) in [7, 11) is 2.15. The minimum atomic E-state index is 0.0942. The van der Waals surface area contributed by atoms with Gasteiger partial charge in [-0.2, -0.15) is 16.4 Å². The molecule has 0 spiro atoms. The zero-order chi connectivity index (χ0) is 26.5. The van der Waals surface area contributed by atoms with Crippen molar-refractivity contribution in [3.8, 4) is 5.75 Å². The van der Waals surface area contributed by atoms with Crippen molar-refractivity contribution in [2.75, 3.05) is 20.1 Å². The number of thiophene rings is 1. The predicted octanol–water partition coefficient (Wildman–Crippen LogP) is 5.93. The topological polar surface area (TPSA) is 50.6 Å². The van der Waals surface area contributed by atoms with Crippen molar-refractivity contribution in [1.82, 2.24) is 19.6 Å². The van der Waals surface area contributed by atoms with Crippen molar-refractivity contribution in [2.45, 2.75) is 52.4 Å². The van der Waals surface area contributed by atoms with Crippen LogP contribution in [0.25, 0.3) is 0 Å². The van der Waals surface area contributed by atoms with Gasteiger partial charge in [-0.3, -0.25) is 14.4 Å². The molecule has 1 aliphatic rings. The smallest absolute Gasteiger partial charge is 0.253 e. The molecule has 38 heavy (non-hydrogen) atoms. The molecule has 4 aromatic rings. The van der Waals surface area contributed by atoms with Crippen LogP contribution in [-0.2, 0) is 19.6 Å². The number of carbonyl (C=O) groups is 1. The number of rotatable bonds is 9. The highest BCUT2D eigenvalue weighted by atomic mass is 32.1. The number of piperidine rings is 1. The zero-order valence-electron chi connectivity index (χ0n) is 22.5. The number of benzene rings is 2. The second-order valence-corrected chi connectivity index (χ2v) is 11.1. The van der Waals surface area contributed by atoms with Crippen molar-refractivity contribution in [1.29, 1.82) is 0 Å². The van der Waals surface area contributed by atoms with E-state index in [0.29, 0.717) is 19.6 Å². The first kappa shape index (κ1) is 26.2. The van der Waals surface area contributed by atoms with Crippen LogP contribution in [-0.4, -0.2) is 51.7 Å². The first-order chi connectivity index (χ1) is 18.4. The molecule has 0 aliphatic carbocycles. The van der Waals surface area contributed by atoms with Crippen LogP contribution in [0.5, 0.6) is 5.75 Å². The second kappa shape index (κ2) is 12.0. The van der Waals surface area contributed by atoms with Crippen molar-refractivity contribution >= 4 is 17.2 Å². The molecule has 0 atom stereocenters. The molecule has 0 bridgehead atoms. The van der Waals surface area contributed by atoms with Crippen LogP contribution >= 0.6 is 11.3 Å². The second-order valence-electron chi connectivity index (χ2n) is 10.3. The number of amides is 1. The Balaban J connectivity index is 1.10. The lowest BCUT2D eigenvalue weighted by molar-refractivity contribution is 0.0595. The summed E-state index contributed by atoms with van der Waals surface area (Å²) in [5, 5.41) is 8.86. The fraction of sp³-hybridized carbons (Fsp3) is 0.355. The summed E-state index contributed by atoms with van der Waals surface area (Å²) in [6, 6.07) is 20.6. The van der Waals surface area contributed by atoms with E-state index in [1.807, 2.05) is 46.8 Å². The van der Waals surface area contributed by atoms with Crippen LogP contribution in [0.4, 0.5) is 0 Å². The number of nitrogens with zero attached hydrogens (tertiary/aromatic N) is 4. The fourth-order valence-corrected chi connectivity index (χ4v) is 5.75. The van der Waals surface area contributed by atoms with E-state index in [9.17, 15) is 4.79 Å². The molecule has 0 N–H and O–H groups in total. The van der Waals surface area contributed by atoms with Gasteiger partial charge >= 0.3 is 0 Å². The molecule has 7 heteroatoms. The van der Waals surface area contributed by atoms with E-state index in [1.165, 1.54) is 11.1 Å². The van der Waals surface area contributed by atoms with E-state index in [0.717, 1.165) is 54.2 Å². The van der Waals surface area contributed by atoms with Gasteiger partial charge in [0.2, 0.25) is 0 Å². The molecule has 1 aliphatic heterocycles. The molecule has 1 saturated heterocycles. The molecule has 6 nitrogen and oxygen atoms in total. The lowest BCUT2D eigenvalue weighted by Crippen LogP contribution is -2.41. The van der Waals surface area contributed by atoms with Gasteiger partial charge in [-0.1, -0.05) is 24.3 Å². The van der Waals surface area contributed by atoms with E-state index in [4.69, 9.17) is 4.74 Å². The summed E-state index contributed by atoms with van der Waals surface area (Å²) >= 11 is 1.74. The average molecular weight is 529 g/mol. The normalized spacial score (nSPS) is 14.3. The first-order valence-electron chi connectivity index (χ1n) is 13.3. The van der Waals surface area contributed by atoms with Crippen molar-refractivity contribution in [3.05, 3.63) is 105 Å². The van der Waals surface area contributed by atoms with Crippen molar-refractivity contribution in [2.24, 2.45) is 0 Å². The number of hydrogen-bond acceptors (Lipinski definition) is 5. The third-order valence-electron chi connectivity index (χ3n) is 7.05. The Labute approximate surface area is 229 Å². The molecular formula is C31H36N4O2S. The molecule has 0 unspecified atom stereocenters. The van der Waals surface area contributed by atoms with E-state index in [1.54, 1.807) is 11.3 Å². The maximum Gasteiger partial charge on any atom is 0.253 e. The number of aryl methyl sites for hydroxylation is 2.